The highest BCUT2D eigenvalue weighted by Crippen LogP contribution is 2.40. The highest BCUT2D eigenvalue weighted by molar-refractivity contribution is 9.10. The normalized spacial score (nSPS) is 14.6. The quantitative estimate of drug-likeness (QED) is 0.196. The summed E-state index contributed by atoms with van der Waals surface area (Å²) >= 11 is 6.10. The molecule has 0 saturated carbocycles. The van der Waals surface area contributed by atoms with Crippen molar-refractivity contribution in [3.8, 4) is 0 Å². The van der Waals surface area contributed by atoms with Crippen LogP contribution in [0, 0.1) is 0 Å². The maximum atomic E-state index is 12.7. The van der Waals surface area contributed by atoms with Crippen LogP contribution >= 0.6 is 31.9 Å². The van der Waals surface area contributed by atoms with Crippen molar-refractivity contribution in [1.82, 2.24) is 5.32 Å². The molecule has 0 radical (unpaired) electrons. The highest BCUT2D eigenvalue weighted by atomic mass is 79.9. The van der Waals surface area contributed by atoms with Crippen LogP contribution in [0.2, 0.25) is 0 Å². The Bertz CT molecular complexity index is 1040. The smallest absolute Gasteiger partial charge is 0.303 e. The fourth-order valence-corrected chi connectivity index (χ4v) is 3.51. The van der Waals surface area contributed by atoms with E-state index in [0.29, 0.717) is 4.47 Å². The van der Waals surface area contributed by atoms with Gasteiger partial charge in [0.2, 0.25) is 0 Å². The average molecular weight is 669 g/mol. The van der Waals surface area contributed by atoms with Crippen molar-refractivity contribution in [3.05, 3.63) is 68.6 Å². The SMILES string of the molecule is CCNC(c1ccc(Br)cc1)C(F)(F)F.O=S(=O)(OC(c1ccc(Br)cc1)C(F)(F)F)C(F)(F)F. The second-order valence-electron chi connectivity index (χ2n) is 6.55. The molecular weight excluding hydrogens is 653 g/mol. The Morgan fingerprint density at radius 1 is 0.771 bits per heavy atom. The lowest BCUT2D eigenvalue weighted by Crippen LogP contribution is -2.33. The van der Waals surface area contributed by atoms with Gasteiger partial charge < -0.3 is 5.32 Å². The van der Waals surface area contributed by atoms with Crippen molar-refractivity contribution in [2.24, 2.45) is 0 Å². The molecule has 0 fully saturated rings. The van der Waals surface area contributed by atoms with Crippen LogP contribution < -0.4 is 5.32 Å². The minimum atomic E-state index is -6.37. The maximum Gasteiger partial charge on any atom is 0.523 e. The number of nitrogens with one attached hydrogen (secondary N) is 1. The summed E-state index contributed by atoms with van der Waals surface area (Å²) < 4.78 is 138. The fourth-order valence-electron chi connectivity index (χ4n) is 2.40. The monoisotopic (exact) mass is 667 g/mol. The molecule has 0 aliphatic rings. The van der Waals surface area contributed by atoms with Gasteiger partial charge in [-0.25, -0.2) is 4.18 Å². The lowest BCUT2D eigenvalue weighted by Gasteiger charge is -2.21. The van der Waals surface area contributed by atoms with Crippen molar-refractivity contribution in [2.75, 3.05) is 6.54 Å². The summed E-state index contributed by atoms with van der Waals surface area (Å²) in [5.41, 5.74) is -6.48. The number of halogens is 11. The predicted molar refractivity (Wildman–Crippen MR) is 116 cm³/mol. The lowest BCUT2D eigenvalue weighted by atomic mass is 10.1. The van der Waals surface area contributed by atoms with Gasteiger partial charge in [0.1, 0.15) is 6.04 Å². The summed E-state index contributed by atoms with van der Waals surface area (Å²) in [4.78, 5) is 0. The molecule has 2 atom stereocenters. The van der Waals surface area contributed by atoms with Crippen molar-refractivity contribution < 1.29 is 52.1 Å². The summed E-state index contributed by atoms with van der Waals surface area (Å²) in [6.45, 7) is 1.93. The Morgan fingerprint density at radius 2 is 1.17 bits per heavy atom. The largest absolute Gasteiger partial charge is 0.523 e. The summed E-state index contributed by atoms with van der Waals surface area (Å²) in [5.74, 6) is 0. The van der Waals surface area contributed by atoms with Crippen LogP contribution in [0.1, 0.15) is 30.2 Å². The van der Waals surface area contributed by atoms with Gasteiger partial charge in [0.05, 0.1) is 0 Å². The Morgan fingerprint density at radius 3 is 1.49 bits per heavy atom. The first-order valence-electron chi connectivity index (χ1n) is 9.17. The van der Waals surface area contributed by atoms with Gasteiger partial charge in [-0.05, 0) is 41.9 Å². The van der Waals surface area contributed by atoms with E-state index in [1.165, 1.54) is 12.1 Å². The first-order valence-corrected chi connectivity index (χ1v) is 12.2. The van der Waals surface area contributed by atoms with Gasteiger partial charge in [-0.1, -0.05) is 63.0 Å². The van der Waals surface area contributed by atoms with Gasteiger partial charge in [0.25, 0.3) is 0 Å². The molecular formula is C19H16Br2F9NO3S. The molecule has 0 aliphatic heterocycles. The number of rotatable bonds is 6. The van der Waals surface area contributed by atoms with E-state index >= 15 is 0 Å². The van der Waals surface area contributed by atoms with E-state index < -0.39 is 45.7 Å². The molecule has 4 nitrogen and oxygen atoms in total. The molecule has 0 aliphatic carbocycles. The molecule has 0 aromatic heterocycles. The van der Waals surface area contributed by atoms with Crippen LogP contribution in [0.4, 0.5) is 39.5 Å². The Hall–Kier alpha value is -1.36. The zero-order valence-corrected chi connectivity index (χ0v) is 21.3. The molecule has 16 heteroatoms. The summed E-state index contributed by atoms with van der Waals surface area (Å²) in [6.07, 6.45) is -12.8. The molecule has 0 saturated heterocycles. The third kappa shape index (κ3) is 9.90. The van der Waals surface area contributed by atoms with Crippen LogP contribution in [0.3, 0.4) is 0 Å². The first-order chi connectivity index (χ1) is 15.8. The van der Waals surface area contributed by atoms with E-state index in [2.05, 4.69) is 41.4 Å². The van der Waals surface area contributed by atoms with Gasteiger partial charge in [-0.15, -0.1) is 0 Å². The molecule has 0 bridgehead atoms. The number of benzene rings is 2. The van der Waals surface area contributed by atoms with Crippen LogP contribution in [0.25, 0.3) is 0 Å². The van der Waals surface area contributed by atoms with Crippen LogP contribution in [-0.4, -0.2) is 32.8 Å². The van der Waals surface area contributed by atoms with Crippen LogP contribution in [-0.2, 0) is 14.3 Å². The molecule has 2 aromatic rings. The number of hydrogen-bond donors (Lipinski definition) is 1. The summed E-state index contributed by atoms with van der Waals surface area (Å²) in [7, 11) is -6.37. The number of alkyl halides is 9. The van der Waals surface area contributed by atoms with Crippen molar-refractivity contribution in [3.63, 3.8) is 0 Å². The van der Waals surface area contributed by atoms with E-state index in [9.17, 15) is 47.9 Å². The lowest BCUT2D eigenvalue weighted by molar-refractivity contribution is -0.200. The standard InChI is InChI=1S/C10H11BrF3N.C9H5BrF6O3S/c1-2-15-9(10(12,13)14)7-3-5-8(11)6-4-7;10-6-3-1-5(2-4-6)7(8(11,12)13)19-20(17,18)9(14,15)16/h3-6,9,15H,2H2,1H3;1-4,7H. The Balaban J connectivity index is 0.000000365. The molecule has 198 valence electrons. The minimum Gasteiger partial charge on any atom is -0.303 e. The van der Waals surface area contributed by atoms with E-state index in [1.54, 1.807) is 19.1 Å². The second kappa shape index (κ2) is 12.3. The Kier molecular flexibility index (Phi) is 11.1. The Labute approximate surface area is 211 Å². The summed E-state index contributed by atoms with van der Waals surface area (Å²) in [6, 6.07) is 8.36. The average Bonchev–Trinajstić information content (AvgIpc) is 2.70. The van der Waals surface area contributed by atoms with Gasteiger partial charge in [-0.2, -0.15) is 47.9 Å². The van der Waals surface area contributed by atoms with Crippen molar-refractivity contribution in [2.45, 2.75) is 36.9 Å². The van der Waals surface area contributed by atoms with E-state index in [-0.39, 0.29) is 12.1 Å². The molecule has 2 aromatic carbocycles. The van der Waals surface area contributed by atoms with E-state index in [1.807, 2.05) is 0 Å². The predicted octanol–water partition coefficient (Wildman–Crippen LogP) is 7.58. The molecule has 1 N–H and O–H groups in total. The van der Waals surface area contributed by atoms with Crippen LogP contribution in [0.15, 0.2) is 57.5 Å². The van der Waals surface area contributed by atoms with Gasteiger partial charge in [-0.3, -0.25) is 0 Å². The molecule has 2 rings (SSSR count). The van der Waals surface area contributed by atoms with Crippen LogP contribution in [0.5, 0.6) is 0 Å². The first kappa shape index (κ1) is 31.7. The van der Waals surface area contributed by atoms with Gasteiger partial charge in [0.15, 0.2) is 6.10 Å². The van der Waals surface area contributed by atoms with Crippen molar-refractivity contribution in [1.29, 1.82) is 0 Å². The van der Waals surface area contributed by atoms with E-state index in [4.69, 9.17) is 0 Å². The van der Waals surface area contributed by atoms with Gasteiger partial charge >= 0.3 is 28.0 Å². The zero-order chi connectivity index (χ0) is 27.2. The molecule has 0 spiro atoms. The zero-order valence-electron chi connectivity index (χ0n) is 17.3. The molecule has 0 heterocycles. The van der Waals surface area contributed by atoms with E-state index in [0.717, 1.165) is 28.7 Å². The molecule has 35 heavy (non-hydrogen) atoms. The maximum absolute atomic E-state index is 12.7. The van der Waals surface area contributed by atoms with Crippen molar-refractivity contribution >= 4 is 42.0 Å². The summed E-state index contributed by atoms with van der Waals surface area (Å²) in [5, 5.41) is 2.42. The molecule has 2 unspecified atom stereocenters. The van der Waals surface area contributed by atoms with Gasteiger partial charge in [0, 0.05) is 8.95 Å². The number of hydrogen-bond acceptors (Lipinski definition) is 4. The fraction of sp³-hybridized carbons (Fsp3) is 0.368. The third-order valence-corrected chi connectivity index (χ3v) is 5.99. The second-order valence-corrected chi connectivity index (χ2v) is 9.95. The highest BCUT2D eigenvalue weighted by Gasteiger charge is 2.54. The molecule has 0 amide bonds. The topological polar surface area (TPSA) is 55.4 Å². The minimum absolute atomic E-state index is 0.229. The third-order valence-electron chi connectivity index (χ3n) is 3.92.